The van der Waals surface area contributed by atoms with E-state index in [9.17, 15) is 4.79 Å². The zero-order valence-electron chi connectivity index (χ0n) is 12.7. The van der Waals surface area contributed by atoms with Crippen LogP contribution in [0.2, 0.25) is 0 Å². The molecule has 0 unspecified atom stereocenters. The van der Waals surface area contributed by atoms with Crippen molar-refractivity contribution < 1.29 is 4.79 Å². The van der Waals surface area contributed by atoms with Crippen LogP contribution < -0.4 is 4.90 Å². The Labute approximate surface area is 138 Å². The second kappa shape index (κ2) is 6.62. The average molecular weight is 367 g/mol. The van der Waals surface area contributed by atoms with Crippen molar-refractivity contribution in [3.05, 3.63) is 50.1 Å². The molecule has 0 N–H and O–H groups in total. The lowest BCUT2D eigenvalue weighted by Gasteiger charge is -2.17. The Balaban J connectivity index is 2.06. The van der Waals surface area contributed by atoms with Crippen LogP contribution in [0.4, 0.5) is 5.69 Å². The van der Waals surface area contributed by atoms with Gasteiger partial charge in [0.2, 0.25) is 0 Å². The Kier molecular flexibility index (Phi) is 5.06. The molecule has 1 heterocycles. The molecule has 0 radical (unpaired) electrons. The molecule has 0 aliphatic carbocycles. The number of nitrogens with zero attached hydrogens (tertiary/aromatic N) is 2. The van der Waals surface area contributed by atoms with E-state index in [4.69, 9.17) is 0 Å². The van der Waals surface area contributed by atoms with Crippen LogP contribution in [-0.4, -0.2) is 32.0 Å². The minimum atomic E-state index is 0.0606. The molecule has 0 fully saturated rings. The van der Waals surface area contributed by atoms with Crippen LogP contribution in [0.5, 0.6) is 0 Å². The second-order valence-corrected chi connectivity index (χ2v) is 7.66. The van der Waals surface area contributed by atoms with Gasteiger partial charge in [-0.15, -0.1) is 11.3 Å². The van der Waals surface area contributed by atoms with E-state index in [1.165, 1.54) is 11.3 Å². The van der Waals surface area contributed by atoms with Crippen LogP contribution in [0.3, 0.4) is 0 Å². The van der Waals surface area contributed by atoms with E-state index in [2.05, 4.69) is 45.1 Å². The summed E-state index contributed by atoms with van der Waals surface area (Å²) in [5, 5.41) is 0. The predicted molar refractivity (Wildman–Crippen MR) is 93.3 cm³/mol. The van der Waals surface area contributed by atoms with Gasteiger partial charge in [0.25, 0.3) is 5.91 Å². The molecule has 1 aromatic heterocycles. The van der Waals surface area contributed by atoms with Crippen molar-refractivity contribution in [2.24, 2.45) is 0 Å². The maximum atomic E-state index is 12.4. The van der Waals surface area contributed by atoms with E-state index in [0.29, 0.717) is 6.54 Å². The monoisotopic (exact) mass is 366 g/mol. The number of amides is 1. The van der Waals surface area contributed by atoms with Gasteiger partial charge in [-0.1, -0.05) is 12.1 Å². The number of hydrogen-bond donors (Lipinski definition) is 0. The third kappa shape index (κ3) is 3.86. The van der Waals surface area contributed by atoms with Crippen molar-refractivity contribution in [2.45, 2.75) is 13.5 Å². The van der Waals surface area contributed by atoms with Crippen molar-refractivity contribution in [1.82, 2.24) is 4.90 Å². The van der Waals surface area contributed by atoms with Gasteiger partial charge in [-0.25, -0.2) is 0 Å². The summed E-state index contributed by atoms with van der Waals surface area (Å²) in [5.74, 6) is 0.0606. The third-order valence-electron chi connectivity index (χ3n) is 3.29. The minimum Gasteiger partial charge on any atom is -0.378 e. The molecule has 0 bridgehead atoms. The first-order valence-corrected chi connectivity index (χ1v) is 8.27. The second-order valence-electron chi connectivity index (χ2n) is 5.29. The highest BCUT2D eigenvalue weighted by atomic mass is 79.9. The number of carbonyl (C=O) groups is 1. The molecule has 0 atom stereocenters. The summed E-state index contributed by atoms with van der Waals surface area (Å²) in [6.45, 7) is 2.61. The molecule has 112 valence electrons. The van der Waals surface area contributed by atoms with Crippen LogP contribution in [0.15, 0.2) is 34.1 Å². The number of benzene rings is 1. The quantitative estimate of drug-likeness (QED) is 0.810. The Morgan fingerprint density at radius 1 is 1.19 bits per heavy atom. The number of anilines is 1. The van der Waals surface area contributed by atoms with Gasteiger partial charge in [0.1, 0.15) is 0 Å². The smallest absolute Gasteiger partial charge is 0.264 e. The lowest BCUT2D eigenvalue weighted by atomic mass is 10.2. The first-order valence-electron chi connectivity index (χ1n) is 6.66. The number of aryl methyl sites for hydroxylation is 1. The highest BCUT2D eigenvalue weighted by Crippen LogP contribution is 2.28. The molecule has 0 saturated carbocycles. The van der Waals surface area contributed by atoms with Gasteiger partial charge in [0.05, 0.1) is 8.66 Å². The molecule has 0 spiro atoms. The molecule has 5 heteroatoms. The van der Waals surface area contributed by atoms with Crippen molar-refractivity contribution in [1.29, 1.82) is 0 Å². The van der Waals surface area contributed by atoms with Crippen LogP contribution >= 0.6 is 27.3 Å². The standard InChI is InChI=1S/C16H19BrN2OS/c1-11-9-14(21-15(11)17)16(20)19(4)10-12-5-7-13(8-6-12)18(2)3/h5-9H,10H2,1-4H3. The maximum absolute atomic E-state index is 12.4. The lowest BCUT2D eigenvalue weighted by Crippen LogP contribution is -2.25. The van der Waals surface area contributed by atoms with E-state index < -0.39 is 0 Å². The van der Waals surface area contributed by atoms with Gasteiger partial charge in [-0.2, -0.15) is 0 Å². The molecule has 21 heavy (non-hydrogen) atoms. The molecule has 0 aliphatic heterocycles. The van der Waals surface area contributed by atoms with Crippen LogP contribution in [0.25, 0.3) is 0 Å². The molecule has 0 aliphatic rings. The molecule has 3 nitrogen and oxygen atoms in total. The Hall–Kier alpha value is -1.33. The minimum absolute atomic E-state index is 0.0606. The van der Waals surface area contributed by atoms with Crippen molar-refractivity contribution in [2.75, 3.05) is 26.0 Å². The first kappa shape index (κ1) is 16.0. The number of hydrogen-bond acceptors (Lipinski definition) is 3. The van der Waals surface area contributed by atoms with E-state index in [1.54, 1.807) is 4.90 Å². The fourth-order valence-corrected chi connectivity index (χ4v) is 3.53. The van der Waals surface area contributed by atoms with Crippen molar-refractivity contribution >= 4 is 38.9 Å². The molecular weight excluding hydrogens is 348 g/mol. The summed E-state index contributed by atoms with van der Waals surface area (Å²) < 4.78 is 1.02. The average Bonchev–Trinajstić information content (AvgIpc) is 2.78. The maximum Gasteiger partial charge on any atom is 0.264 e. The molecule has 1 aromatic carbocycles. The summed E-state index contributed by atoms with van der Waals surface area (Å²) in [7, 11) is 5.87. The summed E-state index contributed by atoms with van der Waals surface area (Å²) in [6.07, 6.45) is 0. The number of halogens is 1. The summed E-state index contributed by atoms with van der Waals surface area (Å²) in [6, 6.07) is 10.2. The number of carbonyl (C=O) groups excluding carboxylic acids is 1. The zero-order valence-corrected chi connectivity index (χ0v) is 15.1. The van der Waals surface area contributed by atoms with Crippen molar-refractivity contribution in [3.8, 4) is 0 Å². The third-order valence-corrected chi connectivity index (χ3v) is 5.41. The van der Waals surface area contributed by atoms with Gasteiger partial charge in [0.15, 0.2) is 0 Å². The fourth-order valence-electron chi connectivity index (χ4n) is 2.00. The van der Waals surface area contributed by atoms with E-state index in [0.717, 1.165) is 25.5 Å². The highest BCUT2D eigenvalue weighted by Gasteiger charge is 2.15. The first-order chi connectivity index (χ1) is 9.88. The van der Waals surface area contributed by atoms with Gasteiger partial charge < -0.3 is 9.80 Å². The van der Waals surface area contributed by atoms with E-state index in [1.807, 2.05) is 34.1 Å². The van der Waals surface area contributed by atoms with Crippen LogP contribution in [0, 0.1) is 6.92 Å². The van der Waals surface area contributed by atoms with Gasteiger partial charge in [-0.3, -0.25) is 4.79 Å². The molecule has 0 saturated heterocycles. The summed E-state index contributed by atoms with van der Waals surface area (Å²) in [4.78, 5) is 17.0. The number of thiophene rings is 1. The van der Waals surface area contributed by atoms with Crippen LogP contribution in [-0.2, 0) is 6.54 Å². The topological polar surface area (TPSA) is 23.6 Å². The SMILES string of the molecule is Cc1cc(C(=O)N(C)Cc2ccc(N(C)C)cc2)sc1Br. The molecule has 2 aromatic rings. The lowest BCUT2D eigenvalue weighted by molar-refractivity contribution is 0.0790. The normalized spacial score (nSPS) is 10.5. The molecule has 2 rings (SSSR count). The summed E-state index contributed by atoms with van der Waals surface area (Å²) in [5.41, 5.74) is 3.39. The van der Waals surface area contributed by atoms with Crippen molar-refractivity contribution in [3.63, 3.8) is 0 Å². The Bertz CT molecular complexity index is 615. The summed E-state index contributed by atoms with van der Waals surface area (Å²) >= 11 is 4.95. The van der Waals surface area contributed by atoms with Gasteiger partial charge in [0, 0.05) is 33.4 Å². The fraction of sp³-hybridized carbons (Fsp3) is 0.312. The van der Waals surface area contributed by atoms with Gasteiger partial charge in [-0.05, 0) is 52.2 Å². The molecular formula is C16H19BrN2OS. The highest BCUT2D eigenvalue weighted by molar-refractivity contribution is 9.11. The Morgan fingerprint density at radius 2 is 1.81 bits per heavy atom. The largest absolute Gasteiger partial charge is 0.378 e. The van der Waals surface area contributed by atoms with Crippen LogP contribution in [0.1, 0.15) is 20.8 Å². The molecule has 1 amide bonds. The zero-order chi connectivity index (χ0) is 15.6. The van der Waals surface area contributed by atoms with E-state index >= 15 is 0 Å². The van der Waals surface area contributed by atoms with Gasteiger partial charge >= 0.3 is 0 Å². The number of rotatable bonds is 4. The predicted octanol–water partition coefficient (Wildman–Crippen LogP) is 4.16. The Morgan fingerprint density at radius 3 is 2.29 bits per heavy atom. The van der Waals surface area contributed by atoms with E-state index in [-0.39, 0.29) is 5.91 Å².